The summed E-state index contributed by atoms with van der Waals surface area (Å²) in [4.78, 5) is 31.2. The van der Waals surface area contributed by atoms with Crippen LogP contribution >= 0.6 is 11.6 Å². The van der Waals surface area contributed by atoms with Crippen LogP contribution in [0.3, 0.4) is 0 Å². The first-order chi connectivity index (χ1) is 19.1. The molecular weight excluding hydrogens is 555 g/mol. The van der Waals surface area contributed by atoms with E-state index in [-0.39, 0.29) is 10.8 Å². The lowest BCUT2D eigenvalue weighted by molar-refractivity contribution is -0.126. The first kappa shape index (κ1) is 27.0. The summed E-state index contributed by atoms with van der Waals surface area (Å²) in [5, 5.41) is 6.50. The van der Waals surface area contributed by atoms with E-state index in [1.165, 1.54) is 31.5 Å². The zero-order valence-electron chi connectivity index (χ0n) is 21.9. The topological polar surface area (TPSA) is 105 Å². The molecule has 2 unspecified atom stereocenters. The zero-order valence-corrected chi connectivity index (χ0v) is 23.4. The number of fused-ring (bicyclic) bond motifs is 2. The molecule has 2 aromatic carbocycles. The fourth-order valence-electron chi connectivity index (χ4n) is 6.87. The Labute approximate surface area is 237 Å². The fraction of sp³-hybridized carbons (Fsp3) is 0.345. The van der Waals surface area contributed by atoms with Crippen LogP contribution in [-0.2, 0) is 20.2 Å². The molecule has 0 bridgehead atoms. The average Bonchev–Trinajstić information content (AvgIpc) is 3.74. The van der Waals surface area contributed by atoms with E-state index in [0.717, 1.165) is 25.0 Å². The normalized spacial score (nSPS) is 23.5. The van der Waals surface area contributed by atoms with Gasteiger partial charge in [0.2, 0.25) is 0 Å². The first-order valence-corrected chi connectivity index (χ1v) is 15.1. The molecule has 0 radical (unpaired) electrons. The van der Waals surface area contributed by atoms with E-state index in [0.29, 0.717) is 53.5 Å². The highest BCUT2D eigenvalue weighted by molar-refractivity contribution is 7.91. The van der Waals surface area contributed by atoms with Gasteiger partial charge < -0.3 is 10.6 Å². The Morgan fingerprint density at radius 3 is 2.42 bits per heavy atom. The molecule has 2 amide bonds. The predicted molar refractivity (Wildman–Crippen MR) is 150 cm³/mol. The maximum absolute atomic E-state index is 14.7. The number of hydrogen-bond acceptors (Lipinski definition) is 6. The Balaban J connectivity index is 1.57. The van der Waals surface area contributed by atoms with Crippen LogP contribution in [-0.4, -0.2) is 44.3 Å². The summed E-state index contributed by atoms with van der Waals surface area (Å²) in [5.41, 5.74) is 1.11. The van der Waals surface area contributed by atoms with Crippen molar-refractivity contribution in [1.29, 1.82) is 0 Å². The molecule has 11 heteroatoms. The molecule has 1 aromatic heterocycles. The minimum absolute atomic E-state index is 0.0103. The van der Waals surface area contributed by atoms with Gasteiger partial charge in [-0.15, -0.1) is 3.89 Å². The Hall–Kier alpha value is -3.18. The van der Waals surface area contributed by atoms with E-state index in [1.807, 2.05) is 0 Å². The molecule has 3 heterocycles. The lowest BCUT2D eigenvalue weighted by Gasteiger charge is -2.43. The van der Waals surface area contributed by atoms with Gasteiger partial charge in [0, 0.05) is 29.3 Å². The van der Waals surface area contributed by atoms with Crippen LogP contribution in [0.5, 0.6) is 0 Å². The van der Waals surface area contributed by atoms with Crippen LogP contribution < -0.4 is 14.5 Å². The number of pyridine rings is 1. The van der Waals surface area contributed by atoms with E-state index >= 15 is 0 Å². The van der Waals surface area contributed by atoms with Gasteiger partial charge in [0.05, 0.1) is 29.2 Å². The van der Waals surface area contributed by atoms with Crippen molar-refractivity contribution in [3.05, 3.63) is 82.9 Å². The standard InChI is InChI=1S/C29H28ClFN4O4S/c1-18(36)35(40(38,39)22-7-5-21(31)6-8-22)26-9-4-20(28(37)34-25-17-33-13-10-24(25)30)16-23(26)29(11-14-32-15-12-29)27(35)19-2-3-19/h4-10,13,16-17,19,27,32H,2-3,11-12,14-15H2,1H3/p+1. The number of rotatable bonds is 5. The van der Waals surface area contributed by atoms with Crippen molar-refractivity contribution in [3.8, 4) is 0 Å². The number of nitrogens with zero attached hydrogens (tertiary/aromatic N) is 2. The number of carbonyl (C=O) groups excluding carboxylic acids is 2. The lowest BCUT2D eigenvalue weighted by atomic mass is 9.68. The van der Waals surface area contributed by atoms with Gasteiger partial charge >= 0.3 is 15.9 Å². The molecule has 1 aliphatic carbocycles. The molecule has 40 heavy (non-hydrogen) atoms. The minimum atomic E-state index is -4.37. The molecule has 1 saturated carbocycles. The zero-order chi connectivity index (χ0) is 28.3. The highest BCUT2D eigenvalue weighted by Crippen LogP contribution is 2.62. The summed E-state index contributed by atoms with van der Waals surface area (Å²) in [5.74, 6) is -1.49. The molecule has 1 spiro atoms. The quantitative estimate of drug-likeness (QED) is 0.419. The number of halogens is 2. The Bertz CT molecular complexity index is 1620. The number of nitrogens with one attached hydrogen (secondary N) is 2. The van der Waals surface area contributed by atoms with Crippen molar-refractivity contribution in [3.63, 3.8) is 0 Å². The van der Waals surface area contributed by atoms with Crippen LogP contribution in [0.2, 0.25) is 5.02 Å². The maximum atomic E-state index is 14.7. The van der Waals surface area contributed by atoms with Gasteiger partial charge in [0.1, 0.15) is 16.8 Å². The van der Waals surface area contributed by atoms with Crippen molar-refractivity contribution in [2.45, 2.75) is 49.0 Å². The second-order valence-corrected chi connectivity index (χ2v) is 13.2. The number of piperidine rings is 1. The number of quaternary nitrogens is 1. The van der Waals surface area contributed by atoms with Gasteiger partial charge in [0.25, 0.3) is 5.91 Å². The van der Waals surface area contributed by atoms with Gasteiger partial charge in [-0.2, -0.15) is 8.42 Å². The van der Waals surface area contributed by atoms with Crippen LogP contribution in [0, 0.1) is 11.7 Å². The van der Waals surface area contributed by atoms with Crippen LogP contribution in [0.4, 0.5) is 15.8 Å². The molecule has 3 aliphatic rings. The SMILES string of the molecule is CC(=O)[N+]1(S(=O)(=O)c2ccc(F)cc2)c2ccc(C(=O)Nc3cnccc3Cl)cc2C2(CCNCC2)C1C1CC1. The third-order valence-corrected chi connectivity index (χ3v) is 11.3. The van der Waals surface area contributed by atoms with Gasteiger partial charge in [0.15, 0.2) is 5.69 Å². The smallest absolute Gasteiger partial charge is 0.319 e. The van der Waals surface area contributed by atoms with Crippen LogP contribution in [0.1, 0.15) is 48.5 Å². The Morgan fingerprint density at radius 1 is 1.10 bits per heavy atom. The molecule has 6 rings (SSSR count). The molecular formula is C29H29ClFN4O4S+. The molecule has 1 saturated heterocycles. The minimum Gasteiger partial charge on any atom is -0.319 e. The van der Waals surface area contributed by atoms with Crippen molar-refractivity contribution in [1.82, 2.24) is 14.2 Å². The highest BCUT2D eigenvalue weighted by Gasteiger charge is 2.73. The van der Waals surface area contributed by atoms with E-state index in [4.69, 9.17) is 11.6 Å². The first-order valence-electron chi connectivity index (χ1n) is 13.3. The maximum Gasteiger partial charge on any atom is 0.339 e. The number of hydrogen-bond donors (Lipinski definition) is 2. The van der Waals surface area contributed by atoms with Gasteiger partial charge in [-0.25, -0.2) is 9.18 Å². The molecule has 2 aliphatic heterocycles. The number of carbonyl (C=O) groups is 2. The molecule has 2 fully saturated rings. The van der Waals surface area contributed by atoms with Crippen molar-refractivity contribution < 1.29 is 22.4 Å². The van der Waals surface area contributed by atoms with Crippen molar-refractivity contribution >= 4 is 44.8 Å². The molecule has 8 nitrogen and oxygen atoms in total. The average molecular weight is 584 g/mol. The summed E-state index contributed by atoms with van der Waals surface area (Å²) >= 11 is 6.23. The number of anilines is 1. The summed E-state index contributed by atoms with van der Waals surface area (Å²) in [6.45, 7) is 2.63. The summed E-state index contributed by atoms with van der Waals surface area (Å²) in [6.07, 6.45) is 5.84. The van der Waals surface area contributed by atoms with E-state index in [9.17, 15) is 22.4 Å². The lowest BCUT2D eigenvalue weighted by Crippen LogP contribution is -2.67. The van der Waals surface area contributed by atoms with Crippen LogP contribution in [0.25, 0.3) is 0 Å². The fourth-order valence-corrected chi connectivity index (χ4v) is 9.27. The number of sulfonamides is 1. The third-order valence-electron chi connectivity index (χ3n) is 8.65. The summed E-state index contributed by atoms with van der Waals surface area (Å²) in [7, 11) is -4.37. The largest absolute Gasteiger partial charge is 0.339 e. The number of benzene rings is 2. The van der Waals surface area contributed by atoms with Crippen molar-refractivity contribution in [2.75, 3.05) is 18.4 Å². The monoisotopic (exact) mass is 583 g/mol. The highest BCUT2D eigenvalue weighted by atomic mass is 35.5. The van der Waals surface area contributed by atoms with Crippen LogP contribution in [0.15, 0.2) is 65.8 Å². The van der Waals surface area contributed by atoms with E-state index in [2.05, 4.69) is 15.6 Å². The summed E-state index contributed by atoms with van der Waals surface area (Å²) in [6, 6.07) is 10.6. The van der Waals surface area contributed by atoms with Gasteiger partial charge in [-0.05, 0) is 81.2 Å². The third kappa shape index (κ3) is 3.92. The second-order valence-electron chi connectivity index (χ2n) is 10.8. The predicted octanol–water partition coefficient (Wildman–Crippen LogP) is 4.78. The Morgan fingerprint density at radius 2 is 1.80 bits per heavy atom. The van der Waals surface area contributed by atoms with E-state index < -0.39 is 43.0 Å². The number of aromatic nitrogens is 1. The second kappa shape index (κ2) is 9.73. The molecule has 2 N–H and O–H groups in total. The van der Waals surface area contributed by atoms with E-state index in [1.54, 1.807) is 24.3 Å². The summed E-state index contributed by atoms with van der Waals surface area (Å²) < 4.78 is 42.3. The van der Waals surface area contributed by atoms with Gasteiger partial charge in [-0.3, -0.25) is 9.78 Å². The molecule has 208 valence electrons. The molecule has 3 aromatic rings. The van der Waals surface area contributed by atoms with Gasteiger partial charge in [-0.1, -0.05) is 11.6 Å². The number of amides is 2. The van der Waals surface area contributed by atoms with Crippen molar-refractivity contribution in [2.24, 2.45) is 5.92 Å². The Kier molecular flexibility index (Phi) is 6.57. The molecule has 2 atom stereocenters.